The van der Waals surface area contributed by atoms with Crippen molar-refractivity contribution in [1.29, 1.82) is 0 Å². The second kappa shape index (κ2) is 8.86. The Bertz CT molecular complexity index is 813. The number of hydrogen-bond acceptors (Lipinski definition) is 5. The average molecular weight is 394 g/mol. The first kappa shape index (κ1) is 19.9. The monoisotopic (exact) mass is 394 g/mol. The fourth-order valence-corrected chi connectivity index (χ4v) is 4.76. The highest BCUT2D eigenvalue weighted by atomic mass is 32.2. The Morgan fingerprint density at radius 2 is 2.00 bits per heavy atom. The van der Waals surface area contributed by atoms with Gasteiger partial charge in [-0.3, -0.25) is 0 Å². The van der Waals surface area contributed by atoms with Crippen molar-refractivity contribution in [3.8, 4) is 0 Å². The van der Waals surface area contributed by atoms with E-state index >= 15 is 0 Å². The van der Waals surface area contributed by atoms with Crippen molar-refractivity contribution in [2.75, 3.05) is 37.7 Å². The Balaban J connectivity index is 1.81. The van der Waals surface area contributed by atoms with Gasteiger partial charge in [0.15, 0.2) is 0 Å². The van der Waals surface area contributed by atoms with Crippen molar-refractivity contribution in [2.45, 2.75) is 37.0 Å². The van der Waals surface area contributed by atoms with Gasteiger partial charge >= 0.3 is 5.97 Å². The summed E-state index contributed by atoms with van der Waals surface area (Å²) in [4.78, 5) is 13.3. The van der Waals surface area contributed by atoms with E-state index < -0.39 is 16.0 Å². The molecule has 8 heteroatoms. The standard InChI is InChI=1S/C19H26N2O5S/c22-19(23)16-6-7-17(21-10-12-26-13-11-21)18(14-16)27(24,25)20-9-8-15-4-2-1-3-5-15/h4,6-7,14,20H,1-3,5,8-13H2,(H,22,23). The topological polar surface area (TPSA) is 95.9 Å². The molecule has 1 aromatic carbocycles. The molecule has 7 nitrogen and oxygen atoms in total. The summed E-state index contributed by atoms with van der Waals surface area (Å²) in [6, 6.07) is 4.27. The lowest BCUT2D eigenvalue weighted by Crippen LogP contribution is -2.38. The lowest BCUT2D eigenvalue weighted by Gasteiger charge is -2.30. The zero-order chi connectivity index (χ0) is 19.3. The highest BCUT2D eigenvalue weighted by Crippen LogP contribution is 2.28. The molecule has 0 aromatic heterocycles. The van der Waals surface area contributed by atoms with E-state index in [1.165, 1.54) is 24.1 Å². The van der Waals surface area contributed by atoms with Gasteiger partial charge in [-0.2, -0.15) is 0 Å². The van der Waals surface area contributed by atoms with Crippen LogP contribution in [-0.2, 0) is 14.8 Å². The van der Waals surface area contributed by atoms with Gasteiger partial charge < -0.3 is 14.7 Å². The van der Waals surface area contributed by atoms with Gasteiger partial charge in [0, 0.05) is 19.6 Å². The van der Waals surface area contributed by atoms with Crippen LogP contribution in [0.2, 0.25) is 0 Å². The number of nitrogens with one attached hydrogen (secondary N) is 1. The molecule has 0 atom stereocenters. The molecule has 0 spiro atoms. The Hall–Kier alpha value is -1.90. The van der Waals surface area contributed by atoms with E-state index in [0.717, 1.165) is 19.3 Å². The van der Waals surface area contributed by atoms with Crippen molar-refractivity contribution < 1.29 is 23.1 Å². The fourth-order valence-electron chi connectivity index (χ4n) is 3.48. The number of carbonyl (C=O) groups is 1. The molecular weight excluding hydrogens is 368 g/mol. The zero-order valence-electron chi connectivity index (χ0n) is 15.3. The number of allylic oxidation sites excluding steroid dienone is 1. The normalized spacial score (nSPS) is 18.2. The van der Waals surface area contributed by atoms with Crippen molar-refractivity contribution in [2.24, 2.45) is 0 Å². The summed E-state index contributed by atoms with van der Waals surface area (Å²) >= 11 is 0. The summed E-state index contributed by atoms with van der Waals surface area (Å²) in [7, 11) is -3.82. The SMILES string of the molecule is O=C(O)c1ccc(N2CCOCC2)c(S(=O)(=O)NCCC2=CCCCC2)c1. The van der Waals surface area contributed by atoms with Crippen LogP contribution in [0.3, 0.4) is 0 Å². The Labute approximate surface area is 160 Å². The summed E-state index contributed by atoms with van der Waals surface area (Å²) in [6.45, 7) is 2.49. The quantitative estimate of drug-likeness (QED) is 0.690. The maximum absolute atomic E-state index is 12.9. The van der Waals surface area contributed by atoms with E-state index in [4.69, 9.17) is 4.74 Å². The minimum atomic E-state index is -3.82. The first-order chi connectivity index (χ1) is 13.0. The van der Waals surface area contributed by atoms with Gasteiger partial charge in [-0.1, -0.05) is 11.6 Å². The molecular formula is C19H26N2O5S. The first-order valence-electron chi connectivity index (χ1n) is 9.35. The molecule has 1 fully saturated rings. The molecule has 2 aliphatic rings. The lowest BCUT2D eigenvalue weighted by atomic mass is 9.97. The van der Waals surface area contributed by atoms with Gasteiger partial charge in [-0.15, -0.1) is 0 Å². The third-order valence-electron chi connectivity index (χ3n) is 4.97. The number of hydrogen-bond donors (Lipinski definition) is 2. The van der Waals surface area contributed by atoms with Crippen LogP contribution in [0.5, 0.6) is 0 Å². The predicted octanol–water partition coefficient (Wildman–Crippen LogP) is 2.39. The summed E-state index contributed by atoms with van der Waals surface area (Å²) in [5.41, 5.74) is 1.77. The van der Waals surface area contributed by atoms with Crippen LogP contribution in [0.25, 0.3) is 0 Å². The molecule has 0 radical (unpaired) electrons. The summed E-state index contributed by atoms with van der Waals surface area (Å²) in [5.74, 6) is -1.15. The van der Waals surface area contributed by atoms with E-state index in [2.05, 4.69) is 10.8 Å². The van der Waals surface area contributed by atoms with Crippen molar-refractivity contribution in [1.82, 2.24) is 4.72 Å². The number of aromatic carboxylic acids is 1. The smallest absolute Gasteiger partial charge is 0.335 e. The van der Waals surface area contributed by atoms with Crippen LogP contribution < -0.4 is 9.62 Å². The number of carboxylic acid groups (broad SMARTS) is 1. The molecule has 27 heavy (non-hydrogen) atoms. The summed E-state index contributed by atoms with van der Waals surface area (Å²) < 4.78 is 33.8. The van der Waals surface area contributed by atoms with Gasteiger partial charge in [-0.25, -0.2) is 17.9 Å². The number of morpholine rings is 1. The van der Waals surface area contributed by atoms with E-state index in [1.807, 2.05) is 4.90 Å². The van der Waals surface area contributed by atoms with Crippen LogP contribution in [0.15, 0.2) is 34.7 Å². The van der Waals surface area contributed by atoms with Crippen LogP contribution in [0, 0.1) is 0 Å². The van der Waals surface area contributed by atoms with E-state index in [0.29, 0.717) is 45.0 Å². The lowest BCUT2D eigenvalue weighted by molar-refractivity contribution is 0.0696. The molecule has 1 aromatic rings. The van der Waals surface area contributed by atoms with E-state index in [-0.39, 0.29) is 10.5 Å². The largest absolute Gasteiger partial charge is 0.478 e. The maximum Gasteiger partial charge on any atom is 0.335 e. The number of ether oxygens (including phenoxy) is 1. The van der Waals surface area contributed by atoms with E-state index in [9.17, 15) is 18.3 Å². The van der Waals surface area contributed by atoms with Crippen LogP contribution in [-0.4, -0.2) is 52.3 Å². The number of anilines is 1. The molecule has 1 heterocycles. The van der Waals surface area contributed by atoms with Gasteiger partial charge in [0.05, 0.1) is 24.5 Å². The minimum Gasteiger partial charge on any atom is -0.478 e. The number of nitrogens with zero attached hydrogens (tertiary/aromatic N) is 1. The summed E-state index contributed by atoms with van der Waals surface area (Å²) in [6.07, 6.45) is 7.31. The van der Waals surface area contributed by atoms with Crippen LogP contribution in [0.1, 0.15) is 42.5 Å². The second-order valence-electron chi connectivity index (χ2n) is 6.84. The third kappa shape index (κ3) is 5.09. The van der Waals surface area contributed by atoms with Crippen LogP contribution >= 0.6 is 0 Å². The van der Waals surface area contributed by atoms with Crippen LogP contribution in [0.4, 0.5) is 5.69 Å². The molecule has 148 valence electrons. The van der Waals surface area contributed by atoms with Crippen molar-refractivity contribution >= 4 is 21.7 Å². The predicted molar refractivity (Wildman–Crippen MR) is 103 cm³/mol. The number of benzene rings is 1. The fraction of sp³-hybridized carbons (Fsp3) is 0.526. The second-order valence-corrected chi connectivity index (χ2v) is 8.58. The molecule has 0 unspecified atom stereocenters. The third-order valence-corrected chi connectivity index (χ3v) is 6.46. The van der Waals surface area contributed by atoms with Crippen molar-refractivity contribution in [3.05, 3.63) is 35.4 Å². The Morgan fingerprint density at radius 1 is 1.22 bits per heavy atom. The number of carboxylic acids is 1. The van der Waals surface area contributed by atoms with Gasteiger partial charge in [0.1, 0.15) is 4.90 Å². The molecule has 0 amide bonds. The molecule has 2 N–H and O–H groups in total. The number of sulfonamides is 1. The molecule has 0 saturated carbocycles. The van der Waals surface area contributed by atoms with E-state index in [1.54, 1.807) is 6.07 Å². The minimum absolute atomic E-state index is 0.0157. The molecule has 1 aliphatic heterocycles. The maximum atomic E-state index is 12.9. The van der Waals surface area contributed by atoms with Gasteiger partial charge in [-0.05, 0) is 50.3 Å². The molecule has 0 bridgehead atoms. The Morgan fingerprint density at radius 3 is 2.67 bits per heavy atom. The van der Waals surface area contributed by atoms with Gasteiger partial charge in [0.2, 0.25) is 10.0 Å². The highest BCUT2D eigenvalue weighted by molar-refractivity contribution is 7.89. The number of rotatable bonds is 7. The Kier molecular flexibility index (Phi) is 6.51. The molecule has 1 saturated heterocycles. The van der Waals surface area contributed by atoms with Crippen molar-refractivity contribution in [3.63, 3.8) is 0 Å². The highest BCUT2D eigenvalue weighted by Gasteiger charge is 2.25. The summed E-state index contributed by atoms with van der Waals surface area (Å²) in [5, 5.41) is 9.27. The zero-order valence-corrected chi connectivity index (χ0v) is 16.1. The average Bonchev–Trinajstić information content (AvgIpc) is 2.69. The first-order valence-corrected chi connectivity index (χ1v) is 10.8. The molecule has 1 aliphatic carbocycles. The molecule has 3 rings (SSSR count). The van der Waals surface area contributed by atoms with Gasteiger partial charge in [0.25, 0.3) is 0 Å².